The maximum Gasteiger partial charge on any atom is 0.417 e. The number of anilines is 3. The van der Waals surface area contributed by atoms with Crippen LogP contribution in [0.1, 0.15) is 50.0 Å². The number of thiazole rings is 2. The van der Waals surface area contributed by atoms with Crippen LogP contribution in [0.25, 0.3) is 0 Å². The van der Waals surface area contributed by atoms with E-state index in [1.54, 1.807) is 18.5 Å². The molecule has 0 aliphatic heterocycles. The van der Waals surface area contributed by atoms with Crippen molar-refractivity contribution in [3.05, 3.63) is 74.5 Å². The third kappa shape index (κ3) is 6.22. The van der Waals surface area contributed by atoms with E-state index in [4.69, 9.17) is 11.6 Å². The summed E-state index contributed by atoms with van der Waals surface area (Å²) >= 11 is 8.18. The lowest BCUT2D eigenvalue weighted by Gasteiger charge is -2.10. The maximum absolute atomic E-state index is 12.9. The van der Waals surface area contributed by atoms with Gasteiger partial charge in [-0.1, -0.05) is 18.5 Å². The fourth-order valence-corrected chi connectivity index (χ4v) is 4.77. The molecule has 2 N–H and O–H groups in total. The molecule has 0 saturated carbocycles. The van der Waals surface area contributed by atoms with E-state index < -0.39 is 22.7 Å². The van der Waals surface area contributed by atoms with Gasteiger partial charge < -0.3 is 10.6 Å². The number of nitrogens with one attached hydrogen (secondary N) is 2. The third-order valence-electron chi connectivity index (χ3n) is 4.81. The van der Waals surface area contributed by atoms with Crippen molar-refractivity contribution in [2.45, 2.75) is 25.4 Å². The Morgan fingerprint density at radius 2 is 1.94 bits per heavy atom. The lowest BCUT2D eigenvalue weighted by molar-refractivity contribution is -0.137. The van der Waals surface area contributed by atoms with Crippen molar-refractivity contribution >= 4 is 62.6 Å². The number of halogens is 4. The summed E-state index contributed by atoms with van der Waals surface area (Å²) in [6, 6.07) is 4.49. The summed E-state index contributed by atoms with van der Waals surface area (Å²) in [5.74, 6) is -0.656. The van der Waals surface area contributed by atoms with Gasteiger partial charge in [0.05, 0.1) is 21.8 Å². The van der Waals surface area contributed by atoms with Crippen LogP contribution < -0.4 is 10.6 Å². The van der Waals surface area contributed by atoms with Gasteiger partial charge in [0.15, 0.2) is 10.9 Å². The highest BCUT2D eigenvalue weighted by molar-refractivity contribution is 7.14. The molecule has 8 nitrogen and oxygen atoms in total. The number of carbonyl (C=O) groups excluding carboxylic acids is 2. The quantitative estimate of drug-likeness (QED) is 0.242. The highest BCUT2D eigenvalue weighted by atomic mass is 35.5. The number of Topliss-reactive ketones (excluding diaryl/α,β-unsaturated/α-hetero) is 1. The Bertz CT molecular complexity index is 1390. The maximum atomic E-state index is 12.9. The van der Waals surface area contributed by atoms with Crippen molar-refractivity contribution < 1.29 is 22.8 Å². The topological polar surface area (TPSA) is 110 Å². The van der Waals surface area contributed by atoms with Gasteiger partial charge in [-0.3, -0.25) is 9.59 Å². The molecule has 3 heterocycles. The number of carbonyl (C=O) groups is 2. The SMILES string of the molecule is CC(CC(=O)c1cc(Nc2nccs2)ncn1)c1ncc(C(=O)Nc2ccc(C(F)(F)F)c(Cl)c2)s1. The summed E-state index contributed by atoms with van der Waals surface area (Å²) in [5.41, 5.74) is -0.651. The van der Waals surface area contributed by atoms with E-state index in [0.29, 0.717) is 16.0 Å². The van der Waals surface area contributed by atoms with E-state index in [0.717, 1.165) is 29.5 Å². The second kappa shape index (κ2) is 10.7. The second-order valence-corrected chi connectivity index (χ2v) is 9.85. The average Bonchev–Trinajstić information content (AvgIpc) is 3.51. The molecule has 0 fully saturated rings. The van der Waals surface area contributed by atoms with Gasteiger partial charge >= 0.3 is 6.18 Å². The first kappa shape index (κ1) is 25.7. The minimum absolute atomic E-state index is 0.0940. The Hall–Kier alpha value is -3.42. The van der Waals surface area contributed by atoms with E-state index in [2.05, 4.69) is 30.6 Å². The van der Waals surface area contributed by atoms with Gasteiger partial charge in [0.1, 0.15) is 22.7 Å². The van der Waals surface area contributed by atoms with Crippen molar-refractivity contribution in [1.29, 1.82) is 0 Å². The molecular formula is C22H16ClF3N6O2S2. The number of aromatic nitrogens is 4. The lowest BCUT2D eigenvalue weighted by atomic mass is 10.0. The van der Waals surface area contributed by atoms with E-state index >= 15 is 0 Å². The number of nitrogens with zero attached hydrogens (tertiary/aromatic N) is 4. The molecule has 36 heavy (non-hydrogen) atoms. The summed E-state index contributed by atoms with van der Waals surface area (Å²) < 4.78 is 38.6. The number of amides is 1. The van der Waals surface area contributed by atoms with Crippen molar-refractivity contribution in [2.24, 2.45) is 0 Å². The first-order valence-corrected chi connectivity index (χ1v) is 12.3. The van der Waals surface area contributed by atoms with Crippen molar-refractivity contribution in [3.8, 4) is 0 Å². The van der Waals surface area contributed by atoms with E-state index in [9.17, 15) is 22.8 Å². The molecule has 0 spiro atoms. The fraction of sp³-hybridized carbons (Fsp3) is 0.182. The zero-order valence-corrected chi connectivity index (χ0v) is 20.7. The van der Waals surface area contributed by atoms with Crippen LogP contribution in [0.3, 0.4) is 0 Å². The molecule has 1 unspecified atom stereocenters. The zero-order chi connectivity index (χ0) is 25.9. The molecule has 1 aromatic carbocycles. The fourth-order valence-electron chi connectivity index (χ4n) is 3.08. The smallest absolute Gasteiger partial charge is 0.321 e. The number of benzene rings is 1. The summed E-state index contributed by atoms with van der Waals surface area (Å²) in [6.45, 7) is 1.80. The van der Waals surface area contributed by atoms with Crippen LogP contribution in [0.5, 0.6) is 0 Å². The Labute approximate surface area is 215 Å². The molecule has 0 saturated heterocycles. The van der Waals surface area contributed by atoms with Crippen molar-refractivity contribution in [2.75, 3.05) is 10.6 Å². The van der Waals surface area contributed by atoms with Gasteiger partial charge in [-0.2, -0.15) is 13.2 Å². The molecule has 14 heteroatoms. The molecule has 3 aromatic heterocycles. The highest BCUT2D eigenvalue weighted by Crippen LogP contribution is 2.36. The van der Waals surface area contributed by atoms with Crippen LogP contribution in [0.2, 0.25) is 5.02 Å². The van der Waals surface area contributed by atoms with Gasteiger partial charge in [0.2, 0.25) is 0 Å². The average molecular weight is 553 g/mol. The van der Waals surface area contributed by atoms with Gasteiger partial charge in [0.25, 0.3) is 5.91 Å². The summed E-state index contributed by atoms with van der Waals surface area (Å²) in [7, 11) is 0. The molecule has 0 aliphatic carbocycles. The first-order valence-electron chi connectivity index (χ1n) is 10.3. The normalized spacial score (nSPS) is 12.2. The molecule has 0 radical (unpaired) electrons. The van der Waals surface area contributed by atoms with Crippen LogP contribution in [-0.2, 0) is 6.18 Å². The number of hydrogen-bond acceptors (Lipinski definition) is 9. The Morgan fingerprint density at radius 3 is 2.64 bits per heavy atom. The van der Waals surface area contributed by atoms with Crippen LogP contribution in [0.15, 0.2) is 48.4 Å². The number of ketones is 1. The minimum Gasteiger partial charge on any atom is -0.321 e. The molecule has 1 atom stereocenters. The van der Waals surface area contributed by atoms with E-state index in [1.165, 1.54) is 29.9 Å². The molecule has 1 amide bonds. The second-order valence-electron chi connectivity index (χ2n) is 7.49. The molecule has 0 aliphatic rings. The summed E-state index contributed by atoms with van der Waals surface area (Å²) in [5, 5.41) is 7.97. The largest absolute Gasteiger partial charge is 0.417 e. The van der Waals surface area contributed by atoms with Gasteiger partial charge in [0, 0.05) is 35.7 Å². The van der Waals surface area contributed by atoms with Gasteiger partial charge in [-0.05, 0) is 18.2 Å². The van der Waals surface area contributed by atoms with Crippen LogP contribution in [0.4, 0.5) is 29.8 Å². The molecule has 186 valence electrons. The zero-order valence-electron chi connectivity index (χ0n) is 18.3. The van der Waals surface area contributed by atoms with E-state index in [1.807, 2.05) is 0 Å². The summed E-state index contributed by atoms with van der Waals surface area (Å²) in [6.07, 6.45) is -0.221. The standard InChI is InChI=1S/C22H16ClF3N6O2S2/c1-11(6-16(33)15-8-18(30-10-29-15)32-21-27-4-5-35-21)20-28-9-17(36-20)19(34)31-12-2-3-13(14(23)7-12)22(24,25)26/h2-5,7-11H,6H2,1H3,(H,31,34)(H,27,29,30,32). The molecule has 4 aromatic rings. The predicted octanol–water partition coefficient (Wildman–Crippen LogP) is 6.43. The molecular weight excluding hydrogens is 537 g/mol. The number of rotatable bonds is 8. The Morgan fingerprint density at radius 1 is 1.14 bits per heavy atom. The van der Waals surface area contributed by atoms with E-state index in [-0.39, 0.29) is 34.4 Å². The third-order valence-corrected chi connectivity index (χ3v) is 7.04. The summed E-state index contributed by atoms with van der Waals surface area (Å²) in [4.78, 5) is 42.0. The first-order chi connectivity index (χ1) is 17.1. The minimum atomic E-state index is -4.59. The van der Waals surface area contributed by atoms with Crippen molar-refractivity contribution in [3.63, 3.8) is 0 Å². The lowest BCUT2D eigenvalue weighted by Crippen LogP contribution is -2.11. The van der Waals surface area contributed by atoms with Crippen LogP contribution in [0, 0.1) is 0 Å². The van der Waals surface area contributed by atoms with Crippen molar-refractivity contribution in [1.82, 2.24) is 19.9 Å². The monoisotopic (exact) mass is 552 g/mol. The Balaban J connectivity index is 1.38. The van der Waals surface area contributed by atoms with Gasteiger partial charge in [-0.15, -0.1) is 22.7 Å². The number of hydrogen-bond donors (Lipinski definition) is 2. The predicted molar refractivity (Wildman–Crippen MR) is 131 cm³/mol. The molecule has 4 rings (SSSR count). The van der Waals surface area contributed by atoms with Crippen LogP contribution in [-0.4, -0.2) is 31.6 Å². The Kier molecular flexibility index (Phi) is 7.62. The van der Waals surface area contributed by atoms with Gasteiger partial charge in [-0.25, -0.2) is 19.9 Å². The number of alkyl halides is 3. The molecule has 0 bridgehead atoms. The highest BCUT2D eigenvalue weighted by Gasteiger charge is 2.33. The van der Waals surface area contributed by atoms with Crippen LogP contribution >= 0.6 is 34.3 Å².